The Morgan fingerprint density at radius 1 is 1.24 bits per heavy atom. The highest BCUT2D eigenvalue weighted by Crippen LogP contribution is 2.56. The number of ether oxygens (including phenoxy) is 2. The van der Waals surface area contributed by atoms with Crippen molar-refractivity contribution in [2.24, 2.45) is 0 Å². The van der Waals surface area contributed by atoms with Crippen LogP contribution in [0, 0.1) is 0 Å². The molecule has 0 N–H and O–H groups in total. The number of carbonyl (C=O) groups excluding carboxylic acids is 1. The van der Waals surface area contributed by atoms with Crippen LogP contribution in [-0.2, 0) is 13.8 Å². The first kappa shape index (κ1) is 12.3. The van der Waals surface area contributed by atoms with Gasteiger partial charge in [-0.3, -0.25) is 0 Å². The molecule has 0 aliphatic carbocycles. The predicted octanol–water partition coefficient (Wildman–Crippen LogP) is 2.47. The molecule has 1 heterocycles. The molecule has 0 aromatic heterocycles. The van der Waals surface area contributed by atoms with Crippen molar-refractivity contribution in [3.63, 3.8) is 0 Å². The van der Waals surface area contributed by atoms with Gasteiger partial charge in [0.15, 0.2) is 5.85 Å². The van der Waals surface area contributed by atoms with E-state index in [9.17, 15) is 4.79 Å². The molecular formula is C11H13O5P. The van der Waals surface area contributed by atoms with E-state index >= 15 is 0 Å². The van der Waals surface area contributed by atoms with Gasteiger partial charge in [-0.25, -0.2) is 4.79 Å². The Morgan fingerprint density at radius 2 is 1.94 bits per heavy atom. The summed E-state index contributed by atoms with van der Waals surface area (Å²) in [4.78, 5) is 11.6. The maximum Gasteiger partial charge on any atom is 0.339 e. The number of hydrogen-bond donors (Lipinski definition) is 0. The SMILES string of the molecule is COc1ccc2c(c1)C(P(OC)OC)OC2=O. The lowest BCUT2D eigenvalue weighted by atomic mass is 10.1. The van der Waals surface area contributed by atoms with Crippen LogP contribution in [0.2, 0.25) is 0 Å². The van der Waals surface area contributed by atoms with Crippen molar-refractivity contribution >= 4 is 14.3 Å². The number of benzene rings is 1. The van der Waals surface area contributed by atoms with Crippen molar-refractivity contribution in [2.75, 3.05) is 21.3 Å². The highest BCUT2D eigenvalue weighted by molar-refractivity contribution is 7.47. The van der Waals surface area contributed by atoms with E-state index in [0.717, 1.165) is 5.56 Å². The Balaban J connectivity index is 2.40. The summed E-state index contributed by atoms with van der Waals surface area (Å²) >= 11 is 0. The molecule has 17 heavy (non-hydrogen) atoms. The third-order valence-electron chi connectivity index (χ3n) is 2.51. The summed E-state index contributed by atoms with van der Waals surface area (Å²) in [6.07, 6.45) is 0. The van der Waals surface area contributed by atoms with Crippen LogP contribution in [0.4, 0.5) is 0 Å². The van der Waals surface area contributed by atoms with E-state index < -0.39 is 14.2 Å². The lowest BCUT2D eigenvalue weighted by Crippen LogP contribution is -1.99. The largest absolute Gasteiger partial charge is 0.497 e. The molecular weight excluding hydrogens is 243 g/mol. The van der Waals surface area contributed by atoms with Gasteiger partial charge in [0.05, 0.1) is 12.7 Å². The van der Waals surface area contributed by atoms with Gasteiger partial charge < -0.3 is 18.5 Å². The first-order valence-electron chi connectivity index (χ1n) is 4.97. The second kappa shape index (κ2) is 5.00. The molecule has 1 aromatic rings. The lowest BCUT2D eigenvalue weighted by Gasteiger charge is -2.18. The monoisotopic (exact) mass is 256 g/mol. The van der Waals surface area contributed by atoms with Crippen molar-refractivity contribution in [3.8, 4) is 5.75 Å². The Kier molecular flexibility index (Phi) is 3.62. The molecule has 5 nitrogen and oxygen atoms in total. The molecule has 1 aromatic carbocycles. The number of esters is 1. The van der Waals surface area contributed by atoms with Gasteiger partial charge in [-0.05, 0) is 18.2 Å². The normalized spacial score (nSPS) is 18.1. The molecule has 6 heteroatoms. The summed E-state index contributed by atoms with van der Waals surface area (Å²) in [5, 5.41) is 0. The van der Waals surface area contributed by atoms with Crippen molar-refractivity contribution in [1.29, 1.82) is 0 Å². The van der Waals surface area contributed by atoms with Crippen LogP contribution in [0.3, 0.4) is 0 Å². The summed E-state index contributed by atoms with van der Waals surface area (Å²) in [5.74, 6) is -0.166. The lowest BCUT2D eigenvalue weighted by molar-refractivity contribution is 0.0482. The minimum Gasteiger partial charge on any atom is -0.497 e. The van der Waals surface area contributed by atoms with Crippen LogP contribution in [0.1, 0.15) is 21.8 Å². The Hall–Kier alpha value is -1.16. The van der Waals surface area contributed by atoms with Gasteiger partial charge in [-0.1, -0.05) is 0 Å². The van der Waals surface area contributed by atoms with Gasteiger partial charge in [0.1, 0.15) is 5.75 Å². The summed E-state index contributed by atoms with van der Waals surface area (Å²) < 4.78 is 20.8. The highest BCUT2D eigenvalue weighted by Gasteiger charge is 2.38. The van der Waals surface area contributed by atoms with Crippen LogP contribution in [-0.4, -0.2) is 27.3 Å². The molecule has 1 aliphatic heterocycles. The molecule has 0 radical (unpaired) electrons. The first-order valence-corrected chi connectivity index (χ1v) is 6.22. The van der Waals surface area contributed by atoms with E-state index in [4.69, 9.17) is 18.5 Å². The number of rotatable bonds is 4. The fraction of sp³-hybridized carbons (Fsp3) is 0.364. The van der Waals surface area contributed by atoms with Gasteiger partial charge in [0.25, 0.3) is 0 Å². The zero-order valence-electron chi connectivity index (χ0n) is 9.80. The molecule has 1 aliphatic rings. The second-order valence-corrected chi connectivity index (χ2v) is 5.13. The van der Waals surface area contributed by atoms with Crippen molar-refractivity contribution < 1.29 is 23.3 Å². The maximum absolute atomic E-state index is 11.6. The van der Waals surface area contributed by atoms with E-state index in [2.05, 4.69) is 0 Å². The van der Waals surface area contributed by atoms with Gasteiger partial charge in [-0.15, -0.1) is 0 Å². The second-order valence-electron chi connectivity index (χ2n) is 3.36. The topological polar surface area (TPSA) is 54.0 Å². The van der Waals surface area contributed by atoms with Crippen molar-refractivity contribution in [3.05, 3.63) is 29.3 Å². The predicted molar refractivity (Wildman–Crippen MR) is 62.1 cm³/mol. The molecule has 0 saturated heterocycles. The Bertz CT molecular complexity index is 430. The number of carbonyl (C=O) groups is 1. The number of hydrogen-bond acceptors (Lipinski definition) is 5. The quantitative estimate of drug-likeness (QED) is 0.611. The third-order valence-corrected chi connectivity index (χ3v) is 4.00. The van der Waals surface area contributed by atoms with Gasteiger partial charge >= 0.3 is 5.97 Å². The standard InChI is InChI=1S/C11H13O5P/c1-13-7-4-5-8-9(6-7)11(16-10(8)12)17(14-2)15-3/h4-6,11H,1-3H3. The average Bonchev–Trinajstić information content (AvgIpc) is 2.68. The van der Waals surface area contributed by atoms with E-state index in [1.54, 1.807) is 25.3 Å². The van der Waals surface area contributed by atoms with Crippen LogP contribution in [0.15, 0.2) is 18.2 Å². The average molecular weight is 256 g/mol. The zero-order chi connectivity index (χ0) is 12.4. The third kappa shape index (κ3) is 2.14. The minimum atomic E-state index is -1.29. The van der Waals surface area contributed by atoms with Crippen molar-refractivity contribution in [2.45, 2.75) is 5.85 Å². The van der Waals surface area contributed by atoms with Crippen LogP contribution >= 0.6 is 8.38 Å². The van der Waals surface area contributed by atoms with E-state index in [1.807, 2.05) is 0 Å². The van der Waals surface area contributed by atoms with Gasteiger partial charge in [-0.2, -0.15) is 0 Å². The zero-order valence-corrected chi connectivity index (χ0v) is 10.7. The molecule has 0 amide bonds. The van der Waals surface area contributed by atoms with Crippen LogP contribution in [0.5, 0.6) is 5.75 Å². The number of fused-ring (bicyclic) bond motifs is 1. The molecule has 0 fully saturated rings. The summed E-state index contributed by atoms with van der Waals surface area (Å²) in [6.45, 7) is 0. The van der Waals surface area contributed by atoms with Gasteiger partial charge in [0, 0.05) is 19.8 Å². The molecule has 0 spiro atoms. The van der Waals surface area contributed by atoms with E-state index in [0.29, 0.717) is 11.3 Å². The van der Waals surface area contributed by atoms with E-state index in [1.165, 1.54) is 14.2 Å². The fourth-order valence-corrected chi connectivity index (χ4v) is 2.86. The highest BCUT2D eigenvalue weighted by atomic mass is 31.2. The molecule has 92 valence electrons. The summed E-state index contributed by atoms with van der Waals surface area (Å²) in [7, 11) is 3.34. The fourth-order valence-electron chi connectivity index (χ4n) is 1.71. The minimum absolute atomic E-state index is 0.353. The molecule has 2 rings (SSSR count). The summed E-state index contributed by atoms with van der Waals surface area (Å²) in [6, 6.07) is 5.19. The maximum atomic E-state index is 11.6. The molecule has 0 bridgehead atoms. The number of methoxy groups -OCH3 is 1. The van der Waals surface area contributed by atoms with Crippen LogP contribution < -0.4 is 4.74 Å². The van der Waals surface area contributed by atoms with Crippen molar-refractivity contribution in [1.82, 2.24) is 0 Å². The Morgan fingerprint density at radius 3 is 2.53 bits per heavy atom. The van der Waals surface area contributed by atoms with E-state index in [-0.39, 0.29) is 5.97 Å². The van der Waals surface area contributed by atoms with Crippen LogP contribution in [0.25, 0.3) is 0 Å². The summed E-state index contributed by atoms with van der Waals surface area (Å²) in [5.41, 5.74) is 1.29. The molecule has 0 saturated carbocycles. The Labute approximate surface area is 101 Å². The first-order chi connectivity index (χ1) is 8.21. The van der Waals surface area contributed by atoms with Gasteiger partial charge in [0.2, 0.25) is 8.38 Å². The molecule has 1 unspecified atom stereocenters. The molecule has 1 atom stereocenters. The number of cyclic esters (lactones) is 1. The smallest absolute Gasteiger partial charge is 0.339 e.